The highest BCUT2D eigenvalue weighted by Crippen LogP contribution is 2.57. The van der Waals surface area contributed by atoms with Gasteiger partial charge in [0.1, 0.15) is 11.9 Å². The molecule has 0 unspecified atom stereocenters. The number of ketones is 1. The van der Waals surface area contributed by atoms with Gasteiger partial charge in [0.2, 0.25) is 21.8 Å². The number of hydrogen-bond acceptors (Lipinski definition) is 7. The molecule has 1 saturated heterocycles. The van der Waals surface area contributed by atoms with E-state index in [0.29, 0.717) is 43.2 Å². The molecule has 2 aliphatic carbocycles. The van der Waals surface area contributed by atoms with E-state index in [4.69, 9.17) is 4.74 Å². The van der Waals surface area contributed by atoms with Crippen LogP contribution in [-0.4, -0.2) is 65.8 Å². The van der Waals surface area contributed by atoms with Gasteiger partial charge in [-0.1, -0.05) is 57.9 Å². The summed E-state index contributed by atoms with van der Waals surface area (Å²) in [4.78, 5) is 58.7. The molecule has 49 heavy (non-hydrogen) atoms. The van der Waals surface area contributed by atoms with Crippen molar-refractivity contribution in [3.63, 3.8) is 0 Å². The molecule has 5 aliphatic rings. The van der Waals surface area contributed by atoms with E-state index in [2.05, 4.69) is 25.5 Å². The Morgan fingerprint density at radius 3 is 2.57 bits per heavy atom. The van der Waals surface area contributed by atoms with Crippen molar-refractivity contribution in [1.82, 2.24) is 14.5 Å². The Labute approximate surface area is 289 Å². The molecule has 3 amide bonds. The van der Waals surface area contributed by atoms with Crippen LogP contribution in [0.2, 0.25) is 0 Å². The number of nitrogens with one attached hydrogen (secondary N) is 1. The van der Waals surface area contributed by atoms with E-state index in [1.54, 1.807) is 17.0 Å². The number of halogens is 1. The van der Waals surface area contributed by atoms with Gasteiger partial charge in [-0.25, -0.2) is 17.6 Å². The first kappa shape index (κ1) is 35.5. The lowest BCUT2D eigenvalue weighted by atomic mass is 9.84. The minimum atomic E-state index is -3.82. The standard InChI is InChI=1S/C37H50FN3O7S/c1-36(2,3)17-16-24-10-7-5-4-6-8-12-26-19-37(26,34(44)39-49(46,47)28-14-15-28)20-32(42)31-18-27(22-41(31)33(24)43)48-35(45)40-21-25-11-9-13-30(38)29(25)23-40/h8-9,11-13,24,26-28,31H,4-7,10,14-23H2,1-3H3,(H,39,44)/b12-8-/t24-,26-,27-,31+,37-/m1/s1. The molecule has 6 rings (SSSR count). The van der Waals surface area contributed by atoms with E-state index in [0.717, 1.165) is 32.1 Å². The monoisotopic (exact) mass is 699 g/mol. The number of ether oxygens (including phenoxy) is 1. The average Bonchev–Trinajstić information content (AvgIpc) is 3.91. The van der Waals surface area contributed by atoms with Crippen LogP contribution in [0, 0.1) is 28.5 Å². The van der Waals surface area contributed by atoms with Crippen LogP contribution in [0.15, 0.2) is 30.4 Å². The number of rotatable bonds is 6. The number of carbonyl (C=O) groups is 4. The summed E-state index contributed by atoms with van der Waals surface area (Å²) in [5, 5.41) is -0.582. The van der Waals surface area contributed by atoms with E-state index < -0.39 is 44.8 Å². The van der Waals surface area contributed by atoms with Crippen molar-refractivity contribution in [2.45, 2.75) is 128 Å². The van der Waals surface area contributed by atoms with Gasteiger partial charge in [-0.3, -0.25) is 24.0 Å². The Kier molecular flexibility index (Phi) is 10.0. The van der Waals surface area contributed by atoms with Gasteiger partial charge in [-0.15, -0.1) is 0 Å². The van der Waals surface area contributed by atoms with E-state index in [-0.39, 0.29) is 67.2 Å². The molecule has 12 heteroatoms. The van der Waals surface area contributed by atoms with Gasteiger partial charge in [0.15, 0.2) is 5.78 Å². The molecule has 1 aromatic rings. The molecular weight excluding hydrogens is 649 g/mol. The molecule has 3 aliphatic heterocycles. The van der Waals surface area contributed by atoms with Crippen molar-refractivity contribution in [2.24, 2.45) is 22.7 Å². The normalized spacial score (nSPS) is 30.0. The van der Waals surface area contributed by atoms with Gasteiger partial charge in [-0.2, -0.15) is 0 Å². The molecule has 0 aromatic heterocycles. The summed E-state index contributed by atoms with van der Waals surface area (Å²) in [7, 11) is -3.82. The van der Waals surface area contributed by atoms with Crippen molar-refractivity contribution >= 4 is 33.7 Å². The van der Waals surface area contributed by atoms with Crippen molar-refractivity contribution in [3.05, 3.63) is 47.3 Å². The molecule has 1 aromatic carbocycles. The van der Waals surface area contributed by atoms with Gasteiger partial charge < -0.3 is 9.64 Å². The van der Waals surface area contributed by atoms with E-state index >= 15 is 0 Å². The summed E-state index contributed by atoms with van der Waals surface area (Å²) in [6.45, 7) is 6.73. The summed E-state index contributed by atoms with van der Waals surface area (Å²) in [6, 6.07) is 3.82. The highest BCUT2D eigenvalue weighted by Gasteiger charge is 2.61. The molecular formula is C37H50FN3O7S. The molecule has 3 fully saturated rings. The fourth-order valence-corrected chi connectivity index (χ4v) is 9.12. The van der Waals surface area contributed by atoms with Gasteiger partial charge in [0.05, 0.1) is 29.8 Å². The maximum absolute atomic E-state index is 14.4. The van der Waals surface area contributed by atoms with Gasteiger partial charge in [0, 0.05) is 30.9 Å². The van der Waals surface area contributed by atoms with Crippen molar-refractivity contribution in [1.29, 1.82) is 0 Å². The lowest BCUT2D eigenvalue weighted by Crippen LogP contribution is -2.46. The van der Waals surface area contributed by atoms with E-state index in [1.165, 1.54) is 11.0 Å². The highest BCUT2D eigenvalue weighted by atomic mass is 32.2. The third kappa shape index (κ3) is 8.05. The number of fused-ring (bicyclic) bond motifs is 3. The van der Waals surface area contributed by atoms with Crippen LogP contribution in [0.4, 0.5) is 9.18 Å². The minimum absolute atomic E-state index is 0.00861. The van der Waals surface area contributed by atoms with E-state index in [9.17, 15) is 32.0 Å². The van der Waals surface area contributed by atoms with Crippen LogP contribution in [0.3, 0.4) is 0 Å². The van der Waals surface area contributed by atoms with Crippen LogP contribution in [-0.2, 0) is 42.2 Å². The Morgan fingerprint density at radius 2 is 1.86 bits per heavy atom. The molecule has 0 bridgehead atoms. The first-order chi connectivity index (χ1) is 23.2. The minimum Gasteiger partial charge on any atom is -0.444 e. The molecule has 1 N–H and O–H groups in total. The van der Waals surface area contributed by atoms with Gasteiger partial charge in [0.25, 0.3) is 0 Å². The fourth-order valence-electron chi connectivity index (χ4n) is 7.73. The lowest BCUT2D eigenvalue weighted by Gasteiger charge is -2.30. The first-order valence-corrected chi connectivity index (χ1v) is 19.5. The maximum atomic E-state index is 14.4. The molecule has 3 heterocycles. The third-order valence-corrected chi connectivity index (χ3v) is 12.8. The Balaban J connectivity index is 1.24. The van der Waals surface area contributed by atoms with Crippen LogP contribution in [0.5, 0.6) is 0 Å². The quantitative estimate of drug-likeness (QED) is 0.373. The number of carbonyl (C=O) groups excluding carboxylic acids is 4. The summed E-state index contributed by atoms with van der Waals surface area (Å²) >= 11 is 0. The largest absolute Gasteiger partial charge is 0.444 e. The van der Waals surface area contributed by atoms with Crippen LogP contribution in [0.25, 0.3) is 0 Å². The number of Topliss-reactive ketones (excluding diaryl/α,β-unsaturated/α-hetero) is 1. The Bertz CT molecular complexity index is 1620. The number of benzene rings is 1. The fraction of sp³-hybridized carbons (Fsp3) is 0.676. The molecule has 268 valence electrons. The second kappa shape index (κ2) is 13.8. The number of nitrogens with zero attached hydrogens (tertiary/aromatic N) is 2. The first-order valence-electron chi connectivity index (χ1n) is 17.9. The zero-order valence-corrected chi connectivity index (χ0v) is 29.7. The van der Waals surface area contributed by atoms with Crippen molar-refractivity contribution < 1.29 is 36.7 Å². The van der Waals surface area contributed by atoms with Gasteiger partial charge >= 0.3 is 6.09 Å². The molecule has 10 nitrogen and oxygen atoms in total. The second-order valence-electron chi connectivity index (χ2n) is 16.1. The van der Waals surface area contributed by atoms with Crippen molar-refractivity contribution in [3.8, 4) is 0 Å². The number of hydrogen-bond donors (Lipinski definition) is 1. The Hall–Kier alpha value is -3.28. The molecule has 0 radical (unpaired) electrons. The van der Waals surface area contributed by atoms with Crippen LogP contribution in [0.1, 0.15) is 109 Å². The molecule has 0 spiro atoms. The zero-order valence-electron chi connectivity index (χ0n) is 28.9. The SMILES string of the molecule is CC(C)(C)CC[C@H]1CCCCC/C=C\[C@@H]2C[C@@]2(C(=O)NS(=O)(=O)C2CC2)CC(=O)[C@@H]2C[C@@H](OC(=O)N3Cc4cccc(F)c4C3)CN2C1=O. The summed E-state index contributed by atoms with van der Waals surface area (Å²) in [6.07, 6.45) is 9.49. The molecule has 2 saturated carbocycles. The predicted octanol–water partition coefficient (Wildman–Crippen LogP) is 5.78. The van der Waals surface area contributed by atoms with Crippen LogP contribution < -0.4 is 4.72 Å². The maximum Gasteiger partial charge on any atom is 0.410 e. The lowest BCUT2D eigenvalue weighted by molar-refractivity contribution is -0.142. The summed E-state index contributed by atoms with van der Waals surface area (Å²) in [5.74, 6) is -2.11. The molecule has 5 atom stereocenters. The Morgan fingerprint density at radius 1 is 1.08 bits per heavy atom. The number of amides is 3. The predicted molar refractivity (Wildman–Crippen MR) is 181 cm³/mol. The highest BCUT2D eigenvalue weighted by molar-refractivity contribution is 7.90. The van der Waals surface area contributed by atoms with Gasteiger partial charge in [-0.05, 0) is 74.3 Å². The zero-order chi connectivity index (χ0) is 35.1. The second-order valence-corrected chi connectivity index (χ2v) is 18.1. The number of sulfonamides is 1. The summed E-state index contributed by atoms with van der Waals surface area (Å²) < 4.78 is 48.1. The topological polar surface area (TPSA) is 130 Å². The van der Waals surface area contributed by atoms with E-state index in [1.807, 2.05) is 12.2 Å². The van der Waals surface area contributed by atoms with Crippen molar-refractivity contribution in [2.75, 3.05) is 6.54 Å². The third-order valence-electron chi connectivity index (χ3n) is 11.0. The average molecular weight is 700 g/mol. The van der Waals surface area contributed by atoms with Crippen LogP contribution >= 0.6 is 0 Å². The smallest absolute Gasteiger partial charge is 0.410 e. The summed E-state index contributed by atoms with van der Waals surface area (Å²) in [5.41, 5.74) is -0.0421. The number of allylic oxidation sites excluding steroid dienone is 2.